The largest absolute Gasteiger partial charge is 0.136 e. The summed E-state index contributed by atoms with van der Waals surface area (Å²) in [6.45, 7) is 2.14. The van der Waals surface area contributed by atoms with Crippen LogP contribution >= 0.6 is 11.3 Å². The van der Waals surface area contributed by atoms with Gasteiger partial charge >= 0.3 is 0 Å². The average Bonchev–Trinajstić information content (AvgIpc) is 2.79. The Bertz CT molecular complexity index is 690. The maximum atomic E-state index is 2.26. The molecule has 88 valence electrons. The Morgan fingerprint density at radius 2 is 1.72 bits per heavy atom. The zero-order chi connectivity index (χ0) is 12.4. The number of hydrogen-bond acceptors (Lipinski definition) is 1. The van der Waals surface area contributed by atoms with Crippen molar-refractivity contribution in [3.8, 4) is 0 Å². The van der Waals surface area contributed by atoms with Crippen LogP contribution in [0.1, 0.15) is 16.0 Å². The fourth-order valence-corrected chi connectivity index (χ4v) is 2.96. The minimum Gasteiger partial charge on any atom is -0.136 e. The van der Waals surface area contributed by atoms with E-state index in [1.165, 1.54) is 26.1 Å². The standard InChI is InChI=1S/C17H14S/c1-13-7-10-17-15(11-13)12-16(18-17)9-8-14-5-3-2-4-6-14/h2-12H,1H3. The molecule has 0 radical (unpaired) electrons. The Hall–Kier alpha value is -1.86. The minimum absolute atomic E-state index is 1.24. The lowest BCUT2D eigenvalue weighted by Crippen LogP contribution is -1.68. The van der Waals surface area contributed by atoms with Crippen LogP contribution in [0.25, 0.3) is 22.2 Å². The van der Waals surface area contributed by atoms with Gasteiger partial charge in [0, 0.05) is 9.58 Å². The van der Waals surface area contributed by atoms with E-state index in [1.54, 1.807) is 0 Å². The summed E-state index contributed by atoms with van der Waals surface area (Å²) in [5.74, 6) is 0. The van der Waals surface area contributed by atoms with Gasteiger partial charge in [-0.2, -0.15) is 0 Å². The fourth-order valence-electron chi connectivity index (χ4n) is 2.01. The molecule has 0 fully saturated rings. The lowest BCUT2D eigenvalue weighted by atomic mass is 10.2. The van der Waals surface area contributed by atoms with Gasteiger partial charge in [-0.1, -0.05) is 54.1 Å². The van der Waals surface area contributed by atoms with Crippen LogP contribution in [0.2, 0.25) is 0 Å². The number of thiophene rings is 1. The van der Waals surface area contributed by atoms with Crippen molar-refractivity contribution in [2.45, 2.75) is 6.92 Å². The van der Waals surface area contributed by atoms with Crippen molar-refractivity contribution in [3.63, 3.8) is 0 Å². The molecule has 0 saturated carbocycles. The van der Waals surface area contributed by atoms with Crippen molar-refractivity contribution in [3.05, 3.63) is 70.6 Å². The summed E-state index contributed by atoms with van der Waals surface area (Å²) in [6.07, 6.45) is 4.35. The Morgan fingerprint density at radius 1 is 0.889 bits per heavy atom. The maximum Gasteiger partial charge on any atom is 0.0349 e. The molecule has 3 rings (SSSR count). The first-order valence-corrected chi connectivity index (χ1v) is 6.86. The predicted octanol–water partition coefficient (Wildman–Crippen LogP) is 5.38. The molecule has 0 N–H and O–H groups in total. The van der Waals surface area contributed by atoms with Gasteiger partial charge in [-0.05, 0) is 36.1 Å². The maximum absolute atomic E-state index is 2.26. The van der Waals surface area contributed by atoms with Gasteiger partial charge in [0.25, 0.3) is 0 Å². The first kappa shape index (κ1) is 11.2. The van der Waals surface area contributed by atoms with Crippen LogP contribution in [0.5, 0.6) is 0 Å². The molecule has 18 heavy (non-hydrogen) atoms. The number of rotatable bonds is 2. The van der Waals surface area contributed by atoms with Crippen molar-refractivity contribution in [2.24, 2.45) is 0 Å². The van der Waals surface area contributed by atoms with E-state index in [1.807, 2.05) is 17.4 Å². The van der Waals surface area contributed by atoms with E-state index >= 15 is 0 Å². The van der Waals surface area contributed by atoms with E-state index in [0.29, 0.717) is 0 Å². The predicted molar refractivity (Wildman–Crippen MR) is 81.9 cm³/mol. The molecule has 1 heteroatoms. The molecule has 0 aliphatic carbocycles. The number of hydrogen-bond donors (Lipinski definition) is 0. The first-order chi connectivity index (χ1) is 8.81. The highest BCUT2D eigenvalue weighted by molar-refractivity contribution is 7.19. The lowest BCUT2D eigenvalue weighted by molar-refractivity contribution is 1.51. The topological polar surface area (TPSA) is 0 Å². The average molecular weight is 250 g/mol. The Kier molecular flexibility index (Phi) is 2.99. The van der Waals surface area contributed by atoms with Crippen LogP contribution in [0.4, 0.5) is 0 Å². The van der Waals surface area contributed by atoms with Crippen molar-refractivity contribution >= 4 is 33.6 Å². The Balaban J connectivity index is 1.93. The first-order valence-electron chi connectivity index (χ1n) is 6.04. The van der Waals surface area contributed by atoms with E-state index in [0.717, 1.165) is 0 Å². The number of fused-ring (bicyclic) bond motifs is 1. The third kappa shape index (κ3) is 2.36. The van der Waals surface area contributed by atoms with Gasteiger partial charge in [0.15, 0.2) is 0 Å². The zero-order valence-electron chi connectivity index (χ0n) is 10.3. The molecule has 0 aliphatic heterocycles. The van der Waals surface area contributed by atoms with Gasteiger partial charge in [-0.15, -0.1) is 11.3 Å². The fraction of sp³-hybridized carbons (Fsp3) is 0.0588. The van der Waals surface area contributed by atoms with Gasteiger partial charge in [0.2, 0.25) is 0 Å². The van der Waals surface area contributed by atoms with E-state index in [-0.39, 0.29) is 0 Å². The summed E-state index contributed by atoms with van der Waals surface area (Å²) in [5, 5.41) is 1.34. The van der Waals surface area contributed by atoms with Crippen LogP contribution in [0, 0.1) is 6.92 Å². The number of benzene rings is 2. The van der Waals surface area contributed by atoms with Crippen molar-refractivity contribution in [1.82, 2.24) is 0 Å². The van der Waals surface area contributed by atoms with Crippen LogP contribution in [0.3, 0.4) is 0 Å². The summed E-state index contributed by atoms with van der Waals surface area (Å²) in [5.41, 5.74) is 2.56. The molecule has 0 spiro atoms. The molecular formula is C17H14S. The van der Waals surface area contributed by atoms with Crippen molar-refractivity contribution in [2.75, 3.05) is 0 Å². The molecule has 2 aromatic carbocycles. The highest BCUT2D eigenvalue weighted by Gasteiger charge is 1.99. The summed E-state index contributed by atoms with van der Waals surface area (Å²) < 4.78 is 1.35. The molecule has 0 atom stereocenters. The molecule has 0 saturated heterocycles. The van der Waals surface area contributed by atoms with E-state index in [2.05, 4.69) is 67.6 Å². The summed E-state index contributed by atoms with van der Waals surface area (Å²) in [4.78, 5) is 1.31. The van der Waals surface area contributed by atoms with Gasteiger partial charge in [-0.3, -0.25) is 0 Å². The molecule has 1 aromatic heterocycles. The monoisotopic (exact) mass is 250 g/mol. The molecule has 0 amide bonds. The molecule has 1 heterocycles. The highest BCUT2D eigenvalue weighted by Crippen LogP contribution is 2.27. The third-order valence-corrected chi connectivity index (χ3v) is 4.01. The van der Waals surface area contributed by atoms with Crippen LogP contribution in [-0.2, 0) is 0 Å². The van der Waals surface area contributed by atoms with Crippen LogP contribution in [0.15, 0.2) is 54.6 Å². The lowest BCUT2D eigenvalue weighted by Gasteiger charge is -1.89. The SMILES string of the molecule is Cc1ccc2sc(C=Cc3ccccc3)cc2c1. The second-order valence-corrected chi connectivity index (χ2v) is 5.55. The van der Waals surface area contributed by atoms with Gasteiger partial charge in [-0.25, -0.2) is 0 Å². The van der Waals surface area contributed by atoms with Gasteiger partial charge in [0.05, 0.1) is 0 Å². The Morgan fingerprint density at radius 3 is 2.56 bits per heavy atom. The minimum atomic E-state index is 1.24. The van der Waals surface area contributed by atoms with Crippen LogP contribution in [-0.4, -0.2) is 0 Å². The van der Waals surface area contributed by atoms with Crippen LogP contribution < -0.4 is 0 Å². The third-order valence-electron chi connectivity index (χ3n) is 2.93. The van der Waals surface area contributed by atoms with Crippen molar-refractivity contribution < 1.29 is 0 Å². The molecule has 3 aromatic rings. The highest BCUT2D eigenvalue weighted by atomic mass is 32.1. The zero-order valence-corrected chi connectivity index (χ0v) is 11.1. The second-order valence-electron chi connectivity index (χ2n) is 4.43. The van der Waals surface area contributed by atoms with E-state index < -0.39 is 0 Å². The molecule has 0 nitrogen and oxygen atoms in total. The quantitative estimate of drug-likeness (QED) is 0.572. The molecule has 0 aliphatic rings. The Labute approximate surface area is 111 Å². The summed E-state index contributed by atoms with van der Waals surface area (Å²) in [6, 6.07) is 19.3. The van der Waals surface area contributed by atoms with E-state index in [4.69, 9.17) is 0 Å². The normalized spacial score (nSPS) is 11.4. The van der Waals surface area contributed by atoms with Gasteiger partial charge in [0.1, 0.15) is 0 Å². The molecule has 0 bridgehead atoms. The summed E-state index contributed by atoms with van der Waals surface area (Å²) in [7, 11) is 0. The van der Waals surface area contributed by atoms with E-state index in [9.17, 15) is 0 Å². The van der Waals surface area contributed by atoms with Gasteiger partial charge < -0.3 is 0 Å². The molecular weight excluding hydrogens is 236 g/mol. The number of aryl methyl sites for hydroxylation is 1. The molecule has 0 unspecified atom stereocenters. The van der Waals surface area contributed by atoms with Crippen molar-refractivity contribution in [1.29, 1.82) is 0 Å². The smallest absolute Gasteiger partial charge is 0.0349 e. The summed E-state index contributed by atoms with van der Waals surface area (Å²) >= 11 is 1.84. The second kappa shape index (κ2) is 4.79.